The topological polar surface area (TPSA) is 151 Å². The molecule has 1 amide bonds. The molecule has 1 unspecified atom stereocenters. The van der Waals surface area contributed by atoms with Crippen molar-refractivity contribution >= 4 is 34.7 Å². The molecule has 1 aromatic carbocycles. The Bertz CT molecular complexity index is 1400. The van der Waals surface area contributed by atoms with Gasteiger partial charge < -0.3 is 34.6 Å². The van der Waals surface area contributed by atoms with Crippen molar-refractivity contribution in [3.8, 4) is 22.8 Å². The number of carbonyl (C=O) groups is 1. The maximum Gasteiger partial charge on any atom is 0.248 e. The predicted octanol–water partition coefficient (Wildman–Crippen LogP) is 2.74. The van der Waals surface area contributed by atoms with Crippen LogP contribution in [0.5, 0.6) is 11.5 Å². The van der Waals surface area contributed by atoms with Crippen molar-refractivity contribution in [3.05, 3.63) is 36.4 Å². The summed E-state index contributed by atoms with van der Waals surface area (Å²) in [4.78, 5) is 25.7. The highest BCUT2D eigenvalue weighted by Crippen LogP contribution is 2.45. The fourth-order valence-electron chi connectivity index (χ4n) is 3.69. The van der Waals surface area contributed by atoms with Gasteiger partial charge in [0, 0.05) is 23.5 Å². The van der Waals surface area contributed by atoms with Crippen LogP contribution in [0.3, 0.4) is 0 Å². The second kappa shape index (κ2) is 9.47. The van der Waals surface area contributed by atoms with Crippen LogP contribution < -0.4 is 20.5 Å². The number of fused-ring (bicyclic) bond motifs is 2. The average molecular weight is 497 g/mol. The number of hydrogen-bond acceptors (Lipinski definition) is 10. The van der Waals surface area contributed by atoms with Gasteiger partial charge in [-0.05, 0) is 44.5 Å². The maximum absolute atomic E-state index is 11.7. The number of furan rings is 1. The molecule has 0 bridgehead atoms. The third kappa shape index (κ3) is 4.62. The number of nitrogens with zero attached hydrogens (tertiary/aromatic N) is 4. The smallest absolute Gasteiger partial charge is 0.248 e. The van der Waals surface area contributed by atoms with Crippen molar-refractivity contribution in [1.82, 2.24) is 24.8 Å². The number of imidazole rings is 1. The highest BCUT2D eigenvalue weighted by atomic mass is 32.2. The number of aryl methyl sites for hydroxylation is 2. The molecule has 11 nitrogen and oxygen atoms in total. The van der Waals surface area contributed by atoms with E-state index >= 15 is 0 Å². The van der Waals surface area contributed by atoms with Crippen molar-refractivity contribution in [2.24, 2.45) is 0 Å². The number of nitrogens with one attached hydrogen (secondary N) is 1. The van der Waals surface area contributed by atoms with Crippen LogP contribution >= 0.6 is 11.8 Å². The van der Waals surface area contributed by atoms with Gasteiger partial charge in [-0.15, -0.1) is 0 Å². The van der Waals surface area contributed by atoms with E-state index in [0.717, 1.165) is 16.2 Å². The molecular weight excluding hydrogens is 472 g/mol. The van der Waals surface area contributed by atoms with Gasteiger partial charge in [-0.2, -0.15) is 0 Å². The molecule has 0 saturated heterocycles. The molecule has 0 aliphatic carbocycles. The summed E-state index contributed by atoms with van der Waals surface area (Å²) in [7, 11) is 0. The van der Waals surface area contributed by atoms with Crippen LogP contribution in [0.15, 0.2) is 45.1 Å². The van der Waals surface area contributed by atoms with Gasteiger partial charge >= 0.3 is 0 Å². The molecule has 0 spiro atoms. The summed E-state index contributed by atoms with van der Waals surface area (Å²) >= 11 is 1.42. The molecule has 0 saturated carbocycles. The minimum atomic E-state index is -1.06. The molecule has 4 N–H and O–H groups in total. The minimum absolute atomic E-state index is 0.156. The fraction of sp³-hybridized carbons (Fsp3) is 0.304. The second-order valence-corrected chi connectivity index (χ2v) is 9.02. The number of hydrogen-bond donors (Lipinski definition) is 3. The highest BCUT2D eigenvalue weighted by Gasteiger charge is 2.23. The van der Waals surface area contributed by atoms with Gasteiger partial charge in [0.05, 0.1) is 0 Å². The standard InChI is InChI=1S/C23H24N6O5S/c1-12-4-5-15(34-12)14-8-16-17(33-11-32-16)9-18(14)35-23-28-19-20(24)26-10-27-21(19)29(23)7-3-6-25-22(31)13(2)30/h4-5,8-10,13,30H,3,6-7,11H2,1-2H3,(H,25,31)(H2,24,26,27). The lowest BCUT2D eigenvalue weighted by Gasteiger charge is -2.12. The zero-order chi connectivity index (χ0) is 24.5. The van der Waals surface area contributed by atoms with E-state index in [4.69, 9.17) is 24.6 Å². The van der Waals surface area contributed by atoms with Crippen LogP contribution in [0.25, 0.3) is 22.5 Å². The Hall–Kier alpha value is -3.77. The first-order chi connectivity index (χ1) is 16.9. The Kier molecular flexibility index (Phi) is 6.22. The van der Waals surface area contributed by atoms with Gasteiger partial charge in [-0.1, -0.05) is 11.8 Å². The highest BCUT2D eigenvalue weighted by molar-refractivity contribution is 7.99. The van der Waals surface area contributed by atoms with E-state index < -0.39 is 12.0 Å². The summed E-state index contributed by atoms with van der Waals surface area (Å²) in [5, 5.41) is 12.7. The SMILES string of the molecule is Cc1ccc(-c2cc3c(cc2Sc2nc4c(N)ncnc4n2CCCNC(=O)C(C)O)OCO3)o1. The number of aliphatic hydroxyl groups is 1. The fourth-order valence-corrected chi connectivity index (χ4v) is 4.74. The van der Waals surface area contributed by atoms with E-state index in [9.17, 15) is 9.90 Å². The van der Waals surface area contributed by atoms with E-state index in [1.54, 1.807) is 0 Å². The zero-order valence-corrected chi connectivity index (χ0v) is 20.0. The Morgan fingerprint density at radius 2 is 2.09 bits per heavy atom. The number of ether oxygens (including phenoxy) is 2. The number of amides is 1. The number of aromatic nitrogens is 4. The van der Waals surface area contributed by atoms with Crippen LogP contribution in [0.2, 0.25) is 0 Å². The largest absolute Gasteiger partial charge is 0.461 e. The van der Waals surface area contributed by atoms with Gasteiger partial charge in [-0.3, -0.25) is 4.79 Å². The Balaban J connectivity index is 1.50. The van der Waals surface area contributed by atoms with Crippen molar-refractivity contribution < 1.29 is 23.8 Å². The first-order valence-corrected chi connectivity index (χ1v) is 11.8. The van der Waals surface area contributed by atoms with Gasteiger partial charge in [0.2, 0.25) is 12.7 Å². The maximum atomic E-state index is 11.7. The average Bonchev–Trinajstić information content (AvgIpc) is 3.55. The lowest BCUT2D eigenvalue weighted by Crippen LogP contribution is -2.33. The number of nitrogen functional groups attached to an aromatic ring is 1. The van der Waals surface area contributed by atoms with Crippen LogP contribution in [-0.4, -0.2) is 50.0 Å². The van der Waals surface area contributed by atoms with Gasteiger partial charge in [0.25, 0.3) is 0 Å². The van der Waals surface area contributed by atoms with Crippen LogP contribution in [0.4, 0.5) is 5.82 Å². The van der Waals surface area contributed by atoms with Crippen LogP contribution in [0, 0.1) is 6.92 Å². The van der Waals surface area contributed by atoms with E-state index in [1.807, 2.05) is 35.8 Å². The van der Waals surface area contributed by atoms with E-state index in [2.05, 4.69) is 15.3 Å². The molecule has 5 rings (SSSR count). The molecule has 35 heavy (non-hydrogen) atoms. The molecule has 182 valence electrons. The van der Waals surface area contributed by atoms with Crippen molar-refractivity contribution in [2.75, 3.05) is 19.1 Å². The number of rotatable bonds is 8. The molecule has 0 fully saturated rings. The van der Waals surface area contributed by atoms with Crippen molar-refractivity contribution in [1.29, 1.82) is 0 Å². The first-order valence-electron chi connectivity index (χ1n) is 11.0. The normalized spacial score (nSPS) is 13.3. The van der Waals surface area contributed by atoms with E-state index in [0.29, 0.717) is 53.1 Å². The minimum Gasteiger partial charge on any atom is -0.461 e. The van der Waals surface area contributed by atoms with Gasteiger partial charge in [-0.25, -0.2) is 15.0 Å². The van der Waals surface area contributed by atoms with Crippen LogP contribution in [-0.2, 0) is 11.3 Å². The monoisotopic (exact) mass is 496 g/mol. The first kappa shape index (κ1) is 23.0. The summed E-state index contributed by atoms with van der Waals surface area (Å²) in [6, 6.07) is 7.62. The third-order valence-electron chi connectivity index (χ3n) is 5.44. The number of anilines is 1. The molecule has 3 aromatic heterocycles. The van der Waals surface area contributed by atoms with E-state index in [1.165, 1.54) is 25.0 Å². The van der Waals surface area contributed by atoms with Gasteiger partial charge in [0.15, 0.2) is 33.6 Å². The van der Waals surface area contributed by atoms with Crippen molar-refractivity contribution in [3.63, 3.8) is 0 Å². The quantitative estimate of drug-likeness (QED) is 0.311. The molecular formula is C23H24N6O5S. The molecule has 1 aliphatic heterocycles. The molecule has 0 radical (unpaired) electrons. The Morgan fingerprint density at radius 3 is 2.83 bits per heavy atom. The summed E-state index contributed by atoms with van der Waals surface area (Å²) in [5.74, 6) is 2.65. The number of carbonyl (C=O) groups excluding carboxylic acids is 1. The number of nitrogens with two attached hydrogens (primary N) is 1. The third-order valence-corrected chi connectivity index (χ3v) is 6.50. The zero-order valence-electron chi connectivity index (χ0n) is 19.1. The Morgan fingerprint density at radius 1 is 1.29 bits per heavy atom. The summed E-state index contributed by atoms with van der Waals surface area (Å²) in [5.41, 5.74) is 8.02. The molecule has 4 aromatic rings. The predicted molar refractivity (Wildman–Crippen MR) is 128 cm³/mol. The van der Waals surface area contributed by atoms with Crippen molar-refractivity contribution in [2.45, 2.75) is 43.0 Å². The summed E-state index contributed by atoms with van der Waals surface area (Å²) < 4.78 is 19.0. The molecule has 1 atom stereocenters. The van der Waals surface area contributed by atoms with Crippen LogP contribution in [0.1, 0.15) is 19.1 Å². The van der Waals surface area contributed by atoms with Gasteiger partial charge in [0.1, 0.15) is 24.0 Å². The lowest BCUT2D eigenvalue weighted by molar-refractivity contribution is -0.128. The summed E-state index contributed by atoms with van der Waals surface area (Å²) in [6.07, 6.45) is 0.932. The molecule has 12 heteroatoms. The molecule has 1 aliphatic rings. The number of aliphatic hydroxyl groups excluding tert-OH is 1. The number of benzene rings is 1. The lowest BCUT2D eigenvalue weighted by atomic mass is 10.1. The second-order valence-electron chi connectivity index (χ2n) is 8.01. The van der Waals surface area contributed by atoms with E-state index in [-0.39, 0.29) is 12.6 Å². The summed E-state index contributed by atoms with van der Waals surface area (Å²) in [6.45, 7) is 4.37. The molecule has 4 heterocycles. The Labute approximate surface area is 204 Å².